The molecule has 0 spiro atoms. The number of nitrogens with one attached hydrogen (secondary N) is 1. The van der Waals surface area contributed by atoms with Crippen LogP contribution in [0.4, 0.5) is 0 Å². The molecule has 0 amide bonds. The van der Waals surface area contributed by atoms with Crippen LogP contribution in [0.3, 0.4) is 0 Å². The molecule has 2 aromatic rings. The Morgan fingerprint density at radius 3 is 2.24 bits per heavy atom. The molecular weight excluding hydrogens is 472 g/mol. The highest BCUT2D eigenvalue weighted by Crippen LogP contribution is 2.22. The van der Waals surface area contributed by atoms with Crippen LogP contribution in [0.2, 0.25) is 0 Å². The third-order valence-electron chi connectivity index (χ3n) is 5.07. The van der Waals surface area contributed by atoms with Gasteiger partial charge in [-0.05, 0) is 30.4 Å². The van der Waals surface area contributed by atoms with Gasteiger partial charge in [-0.2, -0.15) is 25.9 Å². The quantitative estimate of drug-likeness (QED) is 0.351. The molecule has 0 aromatic heterocycles. The van der Waals surface area contributed by atoms with E-state index in [4.69, 9.17) is 9.29 Å². The lowest BCUT2D eigenvalue weighted by Gasteiger charge is -2.26. The number of ether oxygens (including phenoxy) is 1. The minimum Gasteiger partial charge on any atom is -0.460 e. The van der Waals surface area contributed by atoms with Crippen molar-refractivity contribution in [3.63, 3.8) is 0 Å². The van der Waals surface area contributed by atoms with E-state index in [1.165, 1.54) is 0 Å². The highest BCUT2D eigenvalue weighted by atomic mass is 32.3. The number of nitrogens with zero attached hydrogens (tertiary/aromatic N) is 1. The lowest BCUT2D eigenvalue weighted by atomic mass is 10.1. The van der Waals surface area contributed by atoms with Gasteiger partial charge in [0.1, 0.15) is 12.6 Å². The summed E-state index contributed by atoms with van der Waals surface area (Å²) in [4.78, 5) is 12.6. The Kier molecular flexibility index (Phi) is 8.57. The van der Waals surface area contributed by atoms with Gasteiger partial charge in [-0.25, -0.2) is 4.18 Å². The number of hydrogen-bond acceptors (Lipinski definition) is 7. The molecule has 2 atom stereocenters. The molecule has 1 unspecified atom stereocenters. The summed E-state index contributed by atoms with van der Waals surface area (Å²) in [5.41, 5.74) is 1.51. The molecule has 1 saturated heterocycles. The molecule has 1 aliphatic heterocycles. The van der Waals surface area contributed by atoms with Crippen molar-refractivity contribution in [2.75, 3.05) is 13.2 Å². The van der Waals surface area contributed by atoms with Crippen LogP contribution in [0.5, 0.6) is 0 Å². The maximum Gasteiger partial charge on any atom is 0.397 e. The molecule has 2 N–H and O–H groups in total. The van der Waals surface area contributed by atoms with Gasteiger partial charge in [0.25, 0.3) is 10.2 Å². The monoisotopic (exact) mass is 498 g/mol. The zero-order valence-electron chi connectivity index (χ0n) is 17.7. The van der Waals surface area contributed by atoms with Gasteiger partial charge in [0.15, 0.2) is 0 Å². The zero-order valence-corrected chi connectivity index (χ0v) is 19.4. The van der Waals surface area contributed by atoms with Gasteiger partial charge in [-0.3, -0.25) is 9.35 Å². The fourth-order valence-corrected chi connectivity index (χ4v) is 5.51. The van der Waals surface area contributed by atoms with Crippen molar-refractivity contribution in [3.05, 3.63) is 71.8 Å². The summed E-state index contributed by atoms with van der Waals surface area (Å²) in [7, 11) is -8.96. The van der Waals surface area contributed by atoms with Crippen molar-refractivity contribution in [1.82, 2.24) is 9.03 Å². The minimum atomic E-state index is -4.77. The number of carbonyl (C=O) groups is 1. The van der Waals surface area contributed by atoms with Gasteiger partial charge in [-0.15, -0.1) is 0 Å². The van der Waals surface area contributed by atoms with Crippen LogP contribution in [-0.2, 0) is 47.4 Å². The molecule has 2 aromatic carbocycles. The Labute approximate surface area is 193 Å². The van der Waals surface area contributed by atoms with E-state index in [2.05, 4.69) is 8.91 Å². The third-order valence-corrected chi connectivity index (χ3v) is 7.19. The van der Waals surface area contributed by atoms with E-state index in [9.17, 15) is 21.6 Å². The van der Waals surface area contributed by atoms with Crippen molar-refractivity contribution in [2.24, 2.45) is 0 Å². The van der Waals surface area contributed by atoms with Crippen LogP contribution in [0.1, 0.15) is 24.0 Å². The minimum absolute atomic E-state index is 0.0241. The zero-order chi connectivity index (χ0) is 23.9. The van der Waals surface area contributed by atoms with E-state index in [1.54, 1.807) is 54.6 Å². The van der Waals surface area contributed by atoms with E-state index in [-0.39, 0.29) is 19.6 Å². The predicted octanol–water partition coefficient (Wildman–Crippen LogP) is 1.46. The number of benzene rings is 2. The van der Waals surface area contributed by atoms with Crippen LogP contribution in [0.25, 0.3) is 0 Å². The van der Waals surface area contributed by atoms with Gasteiger partial charge in [0, 0.05) is 6.54 Å². The first-order valence-corrected chi connectivity index (χ1v) is 13.1. The second-order valence-electron chi connectivity index (χ2n) is 7.58. The maximum atomic E-state index is 13.1. The maximum absolute atomic E-state index is 13.1. The number of hydrogen-bond donors (Lipinski definition) is 2. The smallest absolute Gasteiger partial charge is 0.397 e. The van der Waals surface area contributed by atoms with E-state index < -0.39 is 45.3 Å². The number of carbonyl (C=O) groups excluding carboxylic acids is 1. The molecule has 1 aliphatic rings. The molecule has 12 heteroatoms. The molecule has 180 valence electrons. The van der Waals surface area contributed by atoms with Gasteiger partial charge in [0.2, 0.25) is 0 Å². The average Bonchev–Trinajstić information content (AvgIpc) is 3.28. The van der Waals surface area contributed by atoms with Crippen LogP contribution in [-0.4, -0.2) is 56.9 Å². The SMILES string of the molecule is O=C(OCc1ccccc1)[C@@H]1CCCN1S(=O)(=O)NC(COS(=O)(=O)O)Cc1ccccc1. The van der Waals surface area contributed by atoms with E-state index in [1.807, 2.05) is 6.07 Å². The lowest BCUT2D eigenvalue weighted by molar-refractivity contribution is -0.148. The fraction of sp³-hybridized carbons (Fsp3) is 0.381. The van der Waals surface area contributed by atoms with Gasteiger partial charge in [-0.1, -0.05) is 60.7 Å². The summed E-state index contributed by atoms with van der Waals surface area (Å²) < 4.78 is 70.3. The molecule has 0 saturated carbocycles. The highest BCUT2D eigenvalue weighted by Gasteiger charge is 2.40. The molecule has 3 rings (SSSR count). The largest absolute Gasteiger partial charge is 0.460 e. The van der Waals surface area contributed by atoms with E-state index >= 15 is 0 Å². The second-order valence-corrected chi connectivity index (χ2v) is 10.3. The first-order valence-electron chi connectivity index (χ1n) is 10.3. The summed E-state index contributed by atoms with van der Waals surface area (Å²) >= 11 is 0. The van der Waals surface area contributed by atoms with E-state index in [0.29, 0.717) is 12.8 Å². The number of esters is 1. The lowest BCUT2D eigenvalue weighted by Crippen LogP contribution is -2.51. The van der Waals surface area contributed by atoms with Gasteiger partial charge < -0.3 is 4.74 Å². The topological polar surface area (TPSA) is 139 Å². The van der Waals surface area contributed by atoms with Gasteiger partial charge in [0.05, 0.1) is 12.6 Å². The Hall–Kier alpha value is -2.35. The first kappa shape index (κ1) is 25.3. The van der Waals surface area contributed by atoms with Crippen LogP contribution >= 0.6 is 0 Å². The average molecular weight is 499 g/mol. The summed E-state index contributed by atoms with van der Waals surface area (Å²) in [5.74, 6) is -0.657. The standard InChI is InChI=1S/C21H26N2O8S2/c24-21(30-15-18-10-5-2-6-11-18)20-12-7-13-23(20)32(25,26)22-19(16-31-33(27,28)29)14-17-8-3-1-4-9-17/h1-6,8-11,19-20,22H,7,12-16H2,(H,27,28,29)/t19?,20-/m0/s1. The molecule has 10 nitrogen and oxygen atoms in total. The fourth-order valence-electron chi connectivity index (χ4n) is 3.57. The summed E-state index contributed by atoms with van der Waals surface area (Å²) in [6.45, 7) is -0.488. The summed E-state index contributed by atoms with van der Waals surface area (Å²) in [6, 6.07) is 15.8. The van der Waals surface area contributed by atoms with Crippen molar-refractivity contribution in [1.29, 1.82) is 0 Å². The Bertz CT molecular complexity index is 1130. The van der Waals surface area contributed by atoms with Gasteiger partial charge >= 0.3 is 16.4 Å². The normalized spacial score (nSPS) is 18.2. The predicted molar refractivity (Wildman–Crippen MR) is 119 cm³/mol. The second kappa shape index (κ2) is 11.2. The molecule has 1 heterocycles. The third kappa shape index (κ3) is 7.88. The van der Waals surface area contributed by atoms with Crippen molar-refractivity contribution < 1.29 is 35.1 Å². The summed E-state index contributed by atoms with van der Waals surface area (Å²) in [6.07, 6.45) is 0.878. The van der Waals surface area contributed by atoms with Crippen LogP contribution in [0.15, 0.2) is 60.7 Å². The molecule has 1 fully saturated rings. The Morgan fingerprint density at radius 1 is 1.03 bits per heavy atom. The van der Waals surface area contributed by atoms with Crippen LogP contribution in [0, 0.1) is 0 Å². The molecular formula is C21H26N2O8S2. The molecule has 33 heavy (non-hydrogen) atoms. The number of rotatable bonds is 11. The molecule has 0 aliphatic carbocycles. The molecule has 0 radical (unpaired) electrons. The molecule has 0 bridgehead atoms. The highest BCUT2D eigenvalue weighted by molar-refractivity contribution is 7.87. The Balaban J connectivity index is 1.69. The Morgan fingerprint density at radius 2 is 1.64 bits per heavy atom. The van der Waals surface area contributed by atoms with Crippen LogP contribution < -0.4 is 4.72 Å². The summed E-state index contributed by atoms with van der Waals surface area (Å²) in [5, 5.41) is 0. The van der Waals surface area contributed by atoms with Crippen molar-refractivity contribution in [2.45, 2.75) is 38.0 Å². The van der Waals surface area contributed by atoms with E-state index in [0.717, 1.165) is 15.4 Å². The van der Waals surface area contributed by atoms with Crippen molar-refractivity contribution in [3.8, 4) is 0 Å². The first-order chi connectivity index (χ1) is 15.6. The van der Waals surface area contributed by atoms with Crippen molar-refractivity contribution >= 4 is 26.6 Å².